The number of nitrogens with two attached hydrogens (primary N) is 2. The molecule has 0 saturated heterocycles. The molecule has 0 bridgehead atoms. The highest BCUT2D eigenvalue weighted by Crippen LogP contribution is 2.28. The topological polar surface area (TPSA) is 78.3 Å². The molecular formula is C15H15F3N2O2S. The van der Waals surface area contributed by atoms with Crippen LogP contribution in [0.2, 0.25) is 0 Å². The van der Waals surface area contributed by atoms with E-state index in [1.165, 1.54) is 18.2 Å². The highest BCUT2D eigenvalue weighted by atomic mass is 32.2. The van der Waals surface area contributed by atoms with Gasteiger partial charge in [0.2, 0.25) is 5.82 Å². The van der Waals surface area contributed by atoms with Gasteiger partial charge in [0.15, 0.2) is 17.4 Å². The van der Waals surface area contributed by atoms with Gasteiger partial charge in [0, 0.05) is 5.69 Å². The Labute approximate surface area is 135 Å². The van der Waals surface area contributed by atoms with E-state index in [0.717, 1.165) is 18.0 Å². The molecule has 0 radical (unpaired) electrons. The average molecular weight is 344 g/mol. The molecule has 2 rings (SSSR count). The first-order valence-electron chi connectivity index (χ1n) is 6.56. The monoisotopic (exact) mass is 344 g/mol. The summed E-state index contributed by atoms with van der Waals surface area (Å²) < 4.78 is 44.0. The molecule has 0 saturated carbocycles. The van der Waals surface area contributed by atoms with Crippen LogP contribution in [-0.4, -0.2) is 5.97 Å². The van der Waals surface area contributed by atoms with Crippen LogP contribution in [0.3, 0.4) is 0 Å². The predicted molar refractivity (Wildman–Crippen MR) is 83.5 cm³/mol. The van der Waals surface area contributed by atoms with E-state index in [1.807, 2.05) is 13.8 Å². The van der Waals surface area contributed by atoms with Crippen LogP contribution in [0.4, 0.5) is 18.9 Å². The Morgan fingerprint density at radius 3 is 2.35 bits per heavy atom. The molecule has 0 unspecified atom stereocenters. The summed E-state index contributed by atoms with van der Waals surface area (Å²) in [5, 5.41) is 5.40. The number of carbonyl (C=O) groups is 1. The number of halogens is 3. The number of hydrogen-bond acceptors (Lipinski definition) is 5. The minimum absolute atomic E-state index is 0.00775. The molecular weight excluding hydrogens is 329 g/mol. The van der Waals surface area contributed by atoms with Crippen molar-refractivity contribution in [1.29, 1.82) is 0 Å². The minimum atomic E-state index is -1.72. The van der Waals surface area contributed by atoms with Gasteiger partial charge >= 0.3 is 5.97 Å². The van der Waals surface area contributed by atoms with Gasteiger partial charge in [-0.1, -0.05) is 19.9 Å². The normalized spacial score (nSPS) is 9.83. The minimum Gasteiger partial charge on any atom is -0.420 e. The largest absolute Gasteiger partial charge is 0.420 e. The summed E-state index contributed by atoms with van der Waals surface area (Å²) in [6.07, 6.45) is 0. The van der Waals surface area contributed by atoms with Crippen molar-refractivity contribution in [3.63, 3.8) is 0 Å². The van der Waals surface area contributed by atoms with E-state index in [1.54, 1.807) is 0 Å². The molecule has 0 aliphatic carbocycles. The van der Waals surface area contributed by atoms with Crippen LogP contribution in [0, 0.1) is 17.5 Å². The number of carbonyl (C=O) groups excluding carboxylic acids is 1. The Bertz CT molecular complexity index is 711. The van der Waals surface area contributed by atoms with Crippen molar-refractivity contribution >= 4 is 23.6 Å². The van der Waals surface area contributed by atoms with Crippen molar-refractivity contribution in [2.45, 2.75) is 18.7 Å². The Kier molecular flexibility index (Phi) is 6.92. The van der Waals surface area contributed by atoms with Gasteiger partial charge in [-0.3, -0.25) is 5.14 Å². The molecule has 0 aliphatic rings. The van der Waals surface area contributed by atoms with E-state index in [-0.39, 0.29) is 16.1 Å². The van der Waals surface area contributed by atoms with E-state index in [2.05, 4.69) is 0 Å². The maximum atomic E-state index is 13.5. The van der Waals surface area contributed by atoms with Gasteiger partial charge in [0.25, 0.3) is 0 Å². The number of hydrogen-bond donors (Lipinski definition) is 2. The summed E-state index contributed by atoms with van der Waals surface area (Å²) in [6.45, 7) is 4.00. The predicted octanol–water partition coefficient (Wildman–Crippen LogP) is 3.90. The van der Waals surface area contributed by atoms with Crippen LogP contribution in [0.1, 0.15) is 24.2 Å². The van der Waals surface area contributed by atoms with Crippen molar-refractivity contribution in [1.82, 2.24) is 0 Å². The number of esters is 1. The van der Waals surface area contributed by atoms with Gasteiger partial charge in [-0.15, -0.1) is 0 Å². The zero-order valence-electron chi connectivity index (χ0n) is 12.4. The lowest BCUT2D eigenvalue weighted by Crippen LogP contribution is -2.13. The average Bonchev–Trinajstić information content (AvgIpc) is 2.57. The summed E-state index contributed by atoms with van der Waals surface area (Å²) in [4.78, 5) is 12.2. The fourth-order valence-corrected chi connectivity index (χ4v) is 2.07. The number of ether oxygens (including phenoxy) is 1. The molecule has 0 aliphatic heterocycles. The summed E-state index contributed by atoms with van der Waals surface area (Å²) in [7, 11) is 0. The van der Waals surface area contributed by atoms with Crippen molar-refractivity contribution in [3.8, 4) is 5.75 Å². The number of rotatable bonds is 3. The molecule has 2 aromatic carbocycles. The maximum absolute atomic E-state index is 13.5. The highest BCUT2D eigenvalue weighted by Gasteiger charge is 2.20. The molecule has 0 amide bonds. The molecule has 4 nitrogen and oxygen atoms in total. The fourth-order valence-electron chi connectivity index (χ4n) is 1.59. The fraction of sp³-hybridized carbons (Fsp3) is 0.133. The van der Waals surface area contributed by atoms with Gasteiger partial charge in [0.05, 0.1) is 10.5 Å². The first-order valence-corrected chi connectivity index (χ1v) is 7.44. The highest BCUT2D eigenvalue weighted by molar-refractivity contribution is 7.97. The van der Waals surface area contributed by atoms with Gasteiger partial charge in [-0.25, -0.2) is 13.6 Å². The molecule has 0 atom stereocenters. The van der Waals surface area contributed by atoms with Gasteiger partial charge in [0.1, 0.15) is 0 Å². The van der Waals surface area contributed by atoms with Gasteiger partial charge < -0.3 is 10.5 Å². The van der Waals surface area contributed by atoms with Gasteiger partial charge in [-0.2, -0.15) is 4.39 Å². The quantitative estimate of drug-likeness (QED) is 0.290. The Morgan fingerprint density at radius 1 is 1.09 bits per heavy atom. The third-order valence-corrected chi connectivity index (χ3v) is 3.28. The van der Waals surface area contributed by atoms with Crippen LogP contribution in [-0.2, 0) is 0 Å². The van der Waals surface area contributed by atoms with Crippen LogP contribution >= 0.6 is 11.9 Å². The van der Waals surface area contributed by atoms with E-state index in [9.17, 15) is 18.0 Å². The molecule has 8 heteroatoms. The second kappa shape index (κ2) is 8.44. The molecule has 0 heterocycles. The molecule has 2 aromatic rings. The summed E-state index contributed by atoms with van der Waals surface area (Å²) >= 11 is 0.717. The van der Waals surface area contributed by atoms with Crippen LogP contribution < -0.4 is 15.6 Å². The Morgan fingerprint density at radius 2 is 1.74 bits per heavy atom. The standard InChI is InChI=1S/C13H9F3N2O2S.C2H6/c14-7-4-5-9(11(16)10(7)15)20-13(19)6-2-1-3-8(17)12(6)21-18;1-2/h1-5H,17-18H2;1-2H3. The SMILES string of the molecule is CC.NSc1c(N)cccc1C(=O)Oc1ccc(F)c(F)c1F. The lowest BCUT2D eigenvalue weighted by atomic mass is 10.2. The van der Waals surface area contributed by atoms with E-state index < -0.39 is 29.2 Å². The Balaban J connectivity index is 0.00000127. The Hall–Kier alpha value is -2.19. The first kappa shape index (κ1) is 18.9. The third kappa shape index (κ3) is 4.17. The maximum Gasteiger partial charge on any atom is 0.344 e. The van der Waals surface area contributed by atoms with Gasteiger partial charge in [-0.05, 0) is 36.2 Å². The number of nitrogen functional groups attached to an aromatic ring is 1. The van der Waals surface area contributed by atoms with Crippen molar-refractivity contribution in [3.05, 3.63) is 53.3 Å². The summed E-state index contributed by atoms with van der Waals surface area (Å²) in [5.74, 6) is -6.40. The van der Waals surface area contributed by atoms with E-state index >= 15 is 0 Å². The summed E-state index contributed by atoms with van der Waals surface area (Å²) in [6, 6.07) is 5.83. The van der Waals surface area contributed by atoms with Crippen LogP contribution in [0.15, 0.2) is 35.2 Å². The zero-order chi connectivity index (χ0) is 17.6. The van der Waals surface area contributed by atoms with E-state index in [4.69, 9.17) is 15.6 Å². The third-order valence-electron chi connectivity index (χ3n) is 2.59. The number of anilines is 1. The van der Waals surface area contributed by atoms with Crippen LogP contribution in [0.25, 0.3) is 0 Å². The first-order chi connectivity index (χ1) is 11.0. The molecule has 0 fully saturated rings. The molecule has 23 heavy (non-hydrogen) atoms. The van der Waals surface area contributed by atoms with Crippen molar-refractivity contribution in [2.75, 3.05) is 5.73 Å². The number of benzene rings is 2. The smallest absolute Gasteiger partial charge is 0.344 e. The van der Waals surface area contributed by atoms with Crippen molar-refractivity contribution < 1.29 is 22.7 Å². The molecule has 0 spiro atoms. The lowest BCUT2D eigenvalue weighted by Gasteiger charge is -2.10. The lowest BCUT2D eigenvalue weighted by molar-refractivity contribution is 0.0722. The van der Waals surface area contributed by atoms with Crippen LogP contribution in [0.5, 0.6) is 5.75 Å². The molecule has 0 aromatic heterocycles. The van der Waals surface area contributed by atoms with Crippen molar-refractivity contribution in [2.24, 2.45) is 5.14 Å². The molecule has 124 valence electrons. The second-order valence-corrected chi connectivity index (χ2v) is 4.55. The molecule has 4 N–H and O–H groups in total. The van der Waals surface area contributed by atoms with E-state index in [0.29, 0.717) is 6.07 Å². The summed E-state index contributed by atoms with van der Waals surface area (Å²) in [5.41, 5.74) is 5.88. The zero-order valence-corrected chi connectivity index (χ0v) is 13.2. The second-order valence-electron chi connectivity index (χ2n) is 3.90.